The Kier molecular flexibility index (Phi) is 3.88. The van der Waals surface area contributed by atoms with Crippen LogP contribution in [0.3, 0.4) is 0 Å². The maximum atomic E-state index is 11.7. The zero-order valence-electron chi connectivity index (χ0n) is 11.7. The summed E-state index contributed by atoms with van der Waals surface area (Å²) < 4.78 is 11.3. The molecule has 0 aliphatic heterocycles. The zero-order valence-corrected chi connectivity index (χ0v) is 11.7. The Balaban J connectivity index is 2.53. The summed E-state index contributed by atoms with van der Waals surface area (Å²) in [7, 11) is 0. The Morgan fingerprint density at radius 1 is 1.00 bits per heavy atom. The third-order valence-corrected chi connectivity index (χ3v) is 4.30. The first-order valence-corrected chi connectivity index (χ1v) is 6.86. The molecule has 0 amide bonds. The number of hydrogen-bond donors (Lipinski definition) is 2. The van der Waals surface area contributed by atoms with Crippen LogP contribution >= 0.6 is 0 Å². The van der Waals surface area contributed by atoms with Gasteiger partial charge < -0.3 is 19.7 Å². The topological polar surface area (TPSA) is 93.1 Å². The molecule has 2 N–H and O–H groups in total. The first kappa shape index (κ1) is 15.0. The highest BCUT2D eigenvalue weighted by Gasteiger charge is 2.64. The summed E-state index contributed by atoms with van der Waals surface area (Å²) in [5, 5.41) is 19.0. The molecule has 6 heteroatoms. The van der Waals surface area contributed by atoms with E-state index in [1.165, 1.54) is 0 Å². The van der Waals surface area contributed by atoms with Crippen LogP contribution in [0.25, 0.3) is 0 Å². The maximum absolute atomic E-state index is 11.7. The van der Waals surface area contributed by atoms with Crippen molar-refractivity contribution in [3.63, 3.8) is 0 Å². The molecule has 0 aromatic carbocycles. The van der Waals surface area contributed by atoms with Gasteiger partial charge in [-0.25, -0.2) is 0 Å². The second-order valence-electron chi connectivity index (χ2n) is 5.24. The summed E-state index contributed by atoms with van der Waals surface area (Å²) in [6, 6.07) is 0. The van der Waals surface area contributed by atoms with Crippen LogP contribution in [-0.4, -0.2) is 46.6 Å². The predicted molar refractivity (Wildman–Crippen MR) is 69.3 cm³/mol. The van der Waals surface area contributed by atoms with Crippen molar-refractivity contribution in [1.29, 1.82) is 0 Å². The van der Waals surface area contributed by atoms with E-state index < -0.39 is 35.0 Å². The van der Waals surface area contributed by atoms with Crippen LogP contribution in [0.1, 0.15) is 26.7 Å². The number of fused-ring (bicyclic) bond motifs is 2. The third kappa shape index (κ3) is 2.03. The van der Waals surface area contributed by atoms with Crippen molar-refractivity contribution in [2.45, 2.75) is 37.9 Å². The number of aliphatic carboxylic acids is 2. The molecule has 0 aromatic rings. The van der Waals surface area contributed by atoms with Crippen LogP contribution < -0.4 is 0 Å². The lowest BCUT2D eigenvalue weighted by molar-refractivity contribution is -0.206. The predicted octanol–water partition coefficient (Wildman–Crippen LogP) is 1.30. The van der Waals surface area contributed by atoms with E-state index in [0.29, 0.717) is 26.1 Å². The molecule has 4 atom stereocenters. The summed E-state index contributed by atoms with van der Waals surface area (Å²) in [5.41, 5.74) is -2.08. The fraction of sp³-hybridized carbons (Fsp3) is 0.714. The first-order chi connectivity index (χ1) is 9.42. The van der Waals surface area contributed by atoms with Crippen molar-refractivity contribution in [2.75, 3.05) is 13.2 Å². The molecule has 20 heavy (non-hydrogen) atoms. The van der Waals surface area contributed by atoms with E-state index in [1.54, 1.807) is 26.0 Å². The van der Waals surface area contributed by atoms with E-state index >= 15 is 0 Å². The molecule has 0 aromatic heterocycles. The van der Waals surface area contributed by atoms with E-state index in [9.17, 15) is 19.8 Å². The number of carbonyl (C=O) groups is 2. The second kappa shape index (κ2) is 5.18. The van der Waals surface area contributed by atoms with Gasteiger partial charge in [-0.05, 0) is 26.7 Å². The highest BCUT2D eigenvalue weighted by Crippen LogP contribution is 2.53. The fourth-order valence-electron chi connectivity index (χ4n) is 3.58. The molecule has 1 saturated carbocycles. The summed E-state index contributed by atoms with van der Waals surface area (Å²) in [6.07, 6.45) is 4.29. The van der Waals surface area contributed by atoms with Crippen molar-refractivity contribution in [3.05, 3.63) is 12.2 Å². The van der Waals surface area contributed by atoms with Gasteiger partial charge >= 0.3 is 11.9 Å². The standard InChI is InChI=1S/C14H20O6/c1-3-19-13-5-7-14(8-6-13,20-4-2)10(12(17)18)9(13)11(15)16/h5,7,9-10H,3-4,6,8H2,1-2H3,(H,15,16)(H,17,18)/t9-,10+,13+,14-. The molecular weight excluding hydrogens is 264 g/mol. The van der Waals surface area contributed by atoms with Crippen molar-refractivity contribution >= 4 is 11.9 Å². The molecule has 3 aliphatic rings. The lowest BCUT2D eigenvalue weighted by Crippen LogP contribution is -2.65. The Bertz CT molecular complexity index is 405. The Hall–Kier alpha value is -1.40. The van der Waals surface area contributed by atoms with Gasteiger partial charge in [-0.1, -0.05) is 12.2 Å². The van der Waals surface area contributed by atoms with E-state index in [4.69, 9.17) is 9.47 Å². The molecule has 0 saturated heterocycles. The van der Waals surface area contributed by atoms with Crippen LogP contribution in [0.4, 0.5) is 0 Å². The van der Waals surface area contributed by atoms with Gasteiger partial charge in [-0.3, -0.25) is 9.59 Å². The summed E-state index contributed by atoms with van der Waals surface area (Å²) in [6.45, 7) is 4.22. The smallest absolute Gasteiger partial charge is 0.310 e. The average Bonchev–Trinajstić information content (AvgIpc) is 2.39. The Labute approximate surface area is 117 Å². The molecule has 0 spiro atoms. The van der Waals surface area contributed by atoms with Crippen LogP contribution in [0.5, 0.6) is 0 Å². The zero-order chi connectivity index (χ0) is 15.0. The summed E-state index contributed by atoms with van der Waals surface area (Å²) in [4.78, 5) is 23.3. The van der Waals surface area contributed by atoms with Crippen LogP contribution in [0.15, 0.2) is 12.2 Å². The average molecular weight is 284 g/mol. The third-order valence-electron chi connectivity index (χ3n) is 4.30. The maximum Gasteiger partial charge on any atom is 0.310 e. The molecule has 0 radical (unpaired) electrons. The minimum Gasteiger partial charge on any atom is -0.481 e. The summed E-state index contributed by atoms with van der Waals surface area (Å²) >= 11 is 0. The molecule has 0 heterocycles. The monoisotopic (exact) mass is 284 g/mol. The highest BCUT2D eigenvalue weighted by molar-refractivity contribution is 5.84. The van der Waals surface area contributed by atoms with Gasteiger partial charge in [0, 0.05) is 13.2 Å². The molecular formula is C14H20O6. The number of carboxylic acid groups (broad SMARTS) is 2. The van der Waals surface area contributed by atoms with Crippen LogP contribution in [-0.2, 0) is 19.1 Å². The van der Waals surface area contributed by atoms with Crippen molar-refractivity contribution in [2.24, 2.45) is 11.8 Å². The van der Waals surface area contributed by atoms with Gasteiger partial charge in [-0.2, -0.15) is 0 Å². The SMILES string of the molecule is CCO[C@]12C=C[C@](OCC)(CC1)[C@@H](C(=O)O)[C@H]2C(=O)O. The molecule has 1 fully saturated rings. The molecule has 6 nitrogen and oxygen atoms in total. The molecule has 112 valence electrons. The van der Waals surface area contributed by atoms with Crippen molar-refractivity contribution in [3.8, 4) is 0 Å². The lowest BCUT2D eigenvalue weighted by Gasteiger charge is -2.54. The van der Waals surface area contributed by atoms with Gasteiger partial charge in [0.1, 0.15) is 23.0 Å². The van der Waals surface area contributed by atoms with Crippen molar-refractivity contribution < 1.29 is 29.3 Å². The number of hydrogen-bond acceptors (Lipinski definition) is 4. The van der Waals surface area contributed by atoms with E-state index in [-0.39, 0.29) is 0 Å². The quantitative estimate of drug-likeness (QED) is 0.714. The minimum atomic E-state index is -1.15. The van der Waals surface area contributed by atoms with Gasteiger partial charge in [0.25, 0.3) is 0 Å². The largest absolute Gasteiger partial charge is 0.481 e. The molecule has 0 unspecified atom stereocenters. The minimum absolute atomic E-state index is 0.335. The first-order valence-electron chi connectivity index (χ1n) is 6.86. The Morgan fingerprint density at radius 2 is 1.35 bits per heavy atom. The van der Waals surface area contributed by atoms with E-state index in [1.807, 2.05) is 0 Å². The second-order valence-corrected chi connectivity index (χ2v) is 5.24. The van der Waals surface area contributed by atoms with E-state index in [0.717, 1.165) is 0 Å². The van der Waals surface area contributed by atoms with Gasteiger partial charge in [-0.15, -0.1) is 0 Å². The van der Waals surface area contributed by atoms with Crippen molar-refractivity contribution in [1.82, 2.24) is 0 Å². The number of carboxylic acids is 2. The lowest BCUT2D eigenvalue weighted by atomic mass is 9.57. The Morgan fingerprint density at radius 3 is 1.55 bits per heavy atom. The van der Waals surface area contributed by atoms with Crippen LogP contribution in [0.2, 0.25) is 0 Å². The van der Waals surface area contributed by atoms with E-state index in [2.05, 4.69) is 0 Å². The van der Waals surface area contributed by atoms with Gasteiger partial charge in [0.05, 0.1) is 0 Å². The van der Waals surface area contributed by atoms with Gasteiger partial charge in [0.15, 0.2) is 0 Å². The fourth-order valence-corrected chi connectivity index (χ4v) is 3.58. The molecule has 3 aliphatic carbocycles. The van der Waals surface area contributed by atoms with Crippen LogP contribution in [0, 0.1) is 11.8 Å². The molecule has 2 bridgehead atoms. The highest BCUT2D eigenvalue weighted by atomic mass is 16.5. The molecule has 3 rings (SSSR count). The summed E-state index contributed by atoms with van der Waals surface area (Å²) in [5.74, 6) is -4.58. The number of rotatable bonds is 6. The number of ether oxygens (including phenoxy) is 2. The normalized spacial score (nSPS) is 38.9. The van der Waals surface area contributed by atoms with Gasteiger partial charge in [0.2, 0.25) is 0 Å².